The van der Waals surface area contributed by atoms with Gasteiger partial charge >= 0.3 is 0 Å². The van der Waals surface area contributed by atoms with E-state index in [1.807, 2.05) is 0 Å². The second-order valence-electron chi connectivity index (χ2n) is 4.92. The normalized spacial score (nSPS) is 22.9. The molecule has 1 aromatic rings. The third-order valence-corrected chi connectivity index (χ3v) is 4.40. The predicted molar refractivity (Wildman–Crippen MR) is 79.4 cm³/mol. The Labute approximate surface area is 118 Å². The number of hydrogen-bond acceptors (Lipinski definition) is 2. The third-order valence-electron chi connectivity index (χ3n) is 3.61. The average molecular weight is 312 g/mol. The van der Waals surface area contributed by atoms with Gasteiger partial charge in [-0.25, -0.2) is 0 Å². The van der Waals surface area contributed by atoms with E-state index in [0.717, 1.165) is 38.0 Å². The molecular weight excluding hydrogens is 290 g/mol. The number of alkyl halides is 1. The molecule has 0 spiro atoms. The minimum absolute atomic E-state index is 0.422. The minimum atomic E-state index is 0.422. The summed E-state index contributed by atoms with van der Waals surface area (Å²) in [7, 11) is 0. The third kappa shape index (κ3) is 3.81. The summed E-state index contributed by atoms with van der Waals surface area (Å²) in [6.07, 6.45) is 1.53. The number of benzene rings is 1. The van der Waals surface area contributed by atoms with Gasteiger partial charge in [0.25, 0.3) is 0 Å². The zero-order chi connectivity index (χ0) is 12.8. The second-order valence-corrected chi connectivity index (χ2v) is 5.57. The summed E-state index contributed by atoms with van der Waals surface area (Å²) in [6, 6.07) is 10.8. The van der Waals surface area contributed by atoms with Crippen molar-refractivity contribution in [2.75, 3.05) is 31.6 Å². The molecule has 1 heterocycles. The van der Waals surface area contributed by atoms with Crippen LogP contribution in [0.1, 0.15) is 24.8 Å². The molecule has 0 radical (unpaired) electrons. The molecule has 0 saturated carbocycles. The summed E-state index contributed by atoms with van der Waals surface area (Å²) in [5, 5.41) is 1.02. The van der Waals surface area contributed by atoms with Crippen LogP contribution in [0.3, 0.4) is 0 Å². The van der Waals surface area contributed by atoms with Gasteiger partial charge in [-0.1, -0.05) is 53.2 Å². The summed E-state index contributed by atoms with van der Waals surface area (Å²) in [5.74, 6) is 0.571. The van der Waals surface area contributed by atoms with Gasteiger partial charge in [-0.05, 0) is 12.0 Å². The molecule has 0 amide bonds. The molecule has 0 bridgehead atoms. The van der Waals surface area contributed by atoms with Gasteiger partial charge in [0.1, 0.15) is 0 Å². The summed E-state index contributed by atoms with van der Waals surface area (Å²) in [5.41, 5.74) is 1.42. The van der Waals surface area contributed by atoms with Crippen LogP contribution in [-0.4, -0.2) is 42.6 Å². The smallest absolute Gasteiger partial charge is 0.0700 e. The topological polar surface area (TPSA) is 12.5 Å². The van der Waals surface area contributed by atoms with Gasteiger partial charge in [-0.3, -0.25) is 4.90 Å². The minimum Gasteiger partial charge on any atom is -0.376 e. The fraction of sp³-hybridized carbons (Fsp3) is 0.600. The maximum Gasteiger partial charge on any atom is 0.0700 e. The molecule has 1 aromatic carbocycles. The summed E-state index contributed by atoms with van der Waals surface area (Å²) in [6.45, 7) is 6.34. The van der Waals surface area contributed by atoms with E-state index in [2.05, 4.69) is 58.1 Å². The number of nitrogens with zero attached hydrogens (tertiary/aromatic N) is 1. The van der Waals surface area contributed by atoms with Crippen LogP contribution in [0.15, 0.2) is 30.3 Å². The molecular formula is C15H22BrNO. The number of hydrogen-bond donors (Lipinski definition) is 0. The van der Waals surface area contributed by atoms with Crippen molar-refractivity contribution in [1.29, 1.82) is 0 Å². The van der Waals surface area contributed by atoms with Crippen LogP contribution < -0.4 is 0 Å². The van der Waals surface area contributed by atoms with Crippen LogP contribution in [-0.2, 0) is 4.74 Å². The summed E-state index contributed by atoms with van der Waals surface area (Å²) >= 11 is 3.65. The molecule has 2 atom stereocenters. The molecule has 1 fully saturated rings. The molecule has 2 unspecified atom stereocenters. The summed E-state index contributed by atoms with van der Waals surface area (Å²) in [4.78, 5) is 2.54. The first-order valence-electron chi connectivity index (χ1n) is 6.78. The number of halogens is 1. The molecule has 2 rings (SSSR count). The van der Waals surface area contributed by atoms with Crippen LogP contribution in [0, 0.1) is 0 Å². The Bertz CT molecular complexity index is 344. The van der Waals surface area contributed by atoms with Gasteiger partial charge < -0.3 is 4.74 Å². The lowest BCUT2D eigenvalue weighted by Gasteiger charge is -2.34. The van der Waals surface area contributed by atoms with Gasteiger partial charge in [0.15, 0.2) is 0 Å². The van der Waals surface area contributed by atoms with Crippen LogP contribution in [0.4, 0.5) is 0 Å². The van der Waals surface area contributed by atoms with E-state index in [9.17, 15) is 0 Å². The van der Waals surface area contributed by atoms with Crippen molar-refractivity contribution < 1.29 is 4.74 Å². The van der Waals surface area contributed by atoms with Crippen LogP contribution in [0.2, 0.25) is 0 Å². The Morgan fingerprint density at radius 3 is 2.83 bits per heavy atom. The van der Waals surface area contributed by atoms with E-state index >= 15 is 0 Å². The first-order valence-corrected chi connectivity index (χ1v) is 7.90. The molecule has 0 N–H and O–H groups in total. The van der Waals surface area contributed by atoms with Crippen molar-refractivity contribution in [3.05, 3.63) is 35.9 Å². The number of morpholine rings is 1. The van der Waals surface area contributed by atoms with Gasteiger partial charge in [0.2, 0.25) is 0 Å². The molecule has 1 saturated heterocycles. The fourth-order valence-electron chi connectivity index (χ4n) is 2.47. The van der Waals surface area contributed by atoms with E-state index in [1.165, 1.54) is 5.56 Å². The molecule has 1 aliphatic rings. The Kier molecular flexibility index (Phi) is 5.67. The van der Waals surface area contributed by atoms with Crippen LogP contribution in [0.5, 0.6) is 0 Å². The molecule has 2 nitrogen and oxygen atoms in total. The zero-order valence-electron chi connectivity index (χ0n) is 11.0. The van der Waals surface area contributed by atoms with Crippen molar-refractivity contribution >= 4 is 15.9 Å². The lowest BCUT2D eigenvalue weighted by molar-refractivity contribution is -0.0307. The van der Waals surface area contributed by atoms with Gasteiger partial charge in [0, 0.05) is 30.9 Å². The highest BCUT2D eigenvalue weighted by molar-refractivity contribution is 9.09. The van der Waals surface area contributed by atoms with Crippen LogP contribution in [0.25, 0.3) is 0 Å². The molecule has 18 heavy (non-hydrogen) atoms. The van der Waals surface area contributed by atoms with Gasteiger partial charge in [-0.2, -0.15) is 0 Å². The number of rotatable bonds is 5. The first kappa shape index (κ1) is 14.0. The molecule has 0 aromatic heterocycles. The molecule has 1 aliphatic heterocycles. The van der Waals surface area contributed by atoms with Crippen LogP contribution >= 0.6 is 15.9 Å². The van der Waals surface area contributed by atoms with E-state index in [0.29, 0.717) is 12.0 Å². The predicted octanol–water partition coefficient (Wildman–Crippen LogP) is 3.28. The highest BCUT2D eigenvalue weighted by Gasteiger charge is 2.22. The van der Waals surface area contributed by atoms with Crippen molar-refractivity contribution in [1.82, 2.24) is 4.90 Å². The van der Waals surface area contributed by atoms with Crippen molar-refractivity contribution in [2.24, 2.45) is 0 Å². The second kappa shape index (κ2) is 7.27. The largest absolute Gasteiger partial charge is 0.376 e. The maximum absolute atomic E-state index is 5.72. The standard InChI is InChI=1S/C15H22BrNO/c1-2-15-12-17(8-9-18-15)11-14(10-16)13-6-4-3-5-7-13/h3-7,14-15H,2,8-12H2,1H3. The van der Waals surface area contributed by atoms with Gasteiger partial charge in [0.05, 0.1) is 12.7 Å². The Balaban J connectivity index is 1.94. The SMILES string of the molecule is CCC1CN(CC(CBr)c2ccccc2)CCO1. The molecule has 3 heteroatoms. The zero-order valence-corrected chi connectivity index (χ0v) is 12.6. The number of ether oxygens (including phenoxy) is 1. The molecule has 100 valence electrons. The van der Waals surface area contributed by atoms with Crippen molar-refractivity contribution in [3.63, 3.8) is 0 Å². The lowest BCUT2D eigenvalue weighted by Crippen LogP contribution is -2.44. The maximum atomic E-state index is 5.72. The molecule has 0 aliphatic carbocycles. The van der Waals surface area contributed by atoms with E-state index in [4.69, 9.17) is 4.74 Å². The van der Waals surface area contributed by atoms with E-state index in [1.54, 1.807) is 0 Å². The monoisotopic (exact) mass is 311 g/mol. The Morgan fingerprint density at radius 1 is 1.39 bits per heavy atom. The Morgan fingerprint density at radius 2 is 2.17 bits per heavy atom. The first-order chi connectivity index (χ1) is 8.83. The van der Waals surface area contributed by atoms with Crippen molar-refractivity contribution in [2.45, 2.75) is 25.4 Å². The van der Waals surface area contributed by atoms with E-state index < -0.39 is 0 Å². The van der Waals surface area contributed by atoms with Crippen molar-refractivity contribution in [3.8, 4) is 0 Å². The Hall–Kier alpha value is -0.380. The summed E-state index contributed by atoms with van der Waals surface area (Å²) < 4.78 is 5.72. The average Bonchev–Trinajstić information content (AvgIpc) is 2.46. The van der Waals surface area contributed by atoms with E-state index in [-0.39, 0.29) is 0 Å². The highest BCUT2D eigenvalue weighted by Crippen LogP contribution is 2.21. The quantitative estimate of drug-likeness (QED) is 0.774. The highest BCUT2D eigenvalue weighted by atomic mass is 79.9. The van der Waals surface area contributed by atoms with Gasteiger partial charge in [-0.15, -0.1) is 0 Å². The lowest BCUT2D eigenvalue weighted by atomic mass is 10.0. The fourth-order valence-corrected chi connectivity index (χ4v) is 3.05.